The zero-order valence-electron chi connectivity index (χ0n) is 15.2. The largest absolute Gasteiger partial charge is 0.480 e. The SMILES string of the molecule is C=CC[C@@H](C)[C@@H](NC(=O)OCC1c2ccccc2-c2ccccc21)C(=O)O. The number of carboxylic acids is 1. The highest BCUT2D eigenvalue weighted by molar-refractivity contribution is 5.81. The van der Waals surface area contributed by atoms with Crippen molar-refractivity contribution in [1.29, 1.82) is 0 Å². The molecule has 0 saturated heterocycles. The molecule has 1 amide bonds. The van der Waals surface area contributed by atoms with Gasteiger partial charge < -0.3 is 15.2 Å². The van der Waals surface area contributed by atoms with E-state index in [2.05, 4.69) is 24.0 Å². The predicted molar refractivity (Wildman–Crippen MR) is 104 cm³/mol. The van der Waals surface area contributed by atoms with Crippen molar-refractivity contribution >= 4 is 12.1 Å². The fourth-order valence-corrected chi connectivity index (χ4v) is 3.61. The number of hydrogen-bond acceptors (Lipinski definition) is 3. The fraction of sp³-hybridized carbons (Fsp3) is 0.273. The number of fused-ring (bicyclic) bond motifs is 3. The van der Waals surface area contributed by atoms with Crippen LogP contribution in [0.5, 0.6) is 0 Å². The summed E-state index contributed by atoms with van der Waals surface area (Å²) in [5.41, 5.74) is 4.51. The number of ether oxygens (including phenoxy) is 1. The van der Waals surface area contributed by atoms with Gasteiger partial charge in [0.25, 0.3) is 0 Å². The van der Waals surface area contributed by atoms with Gasteiger partial charge in [-0.2, -0.15) is 0 Å². The topological polar surface area (TPSA) is 75.6 Å². The van der Waals surface area contributed by atoms with Gasteiger partial charge in [-0.15, -0.1) is 6.58 Å². The van der Waals surface area contributed by atoms with E-state index in [1.165, 1.54) is 0 Å². The summed E-state index contributed by atoms with van der Waals surface area (Å²) >= 11 is 0. The summed E-state index contributed by atoms with van der Waals surface area (Å²) < 4.78 is 5.41. The number of aliphatic carboxylic acids is 1. The van der Waals surface area contributed by atoms with Crippen molar-refractivity contribution < 1.29 is 19.4 Å². The number of allylic oxidation sites excluding steroid dienone is 1. The monoisotopic (exact) mass is 365 g/mol. The van der Waals surface area contributed by atoms with Gasteiger partial charge in [-0.1, -0.05) is 61.5 Å². The van der Waals surface area contributed by atoms with Crippen molar-refractivity contribution in [3.05, 3.63) is 72.3 Å². The Balaban J connectivity index is 1.70. The van der Waals surface area contributed by atoms with Crippen molar-refractivity contribution in [2.24, 2.45) is 5.92 Å². The first kappa shape index (κ1) is 18.7. The molecular weight excluding hydrogens is 342 g/mol. The maximum Gasteiger partial charge on any atom is 0.407 e. The second-order valence-corrected chi connectivity index (χ2v) is 6.79. The number of amides is 1. The Morgan fingerprint density at radius 1 is 1.15 bits per heavy atom. The molecule has 0 aromatic heterocycles. The summed E-state index contributed by atoms with van der Waals surface area (Å²) in [4.78, 5) is 23.7. The Hall–Kier alpha value is -3.08. The average Bonchev–Trinajstić information content (AvgIpc) is 2.98. The Labute approximate surface area is 158 Å². The number of carbonyl (C=O) groups excluding carboxylic acids is 1. The van der Waals surface area contributed by atoms with Gasteiger partial charge in [-0.05, 0) is 34.6 Å². The summed E-state index contributed by atoms with van der Waals surface area (Å²) in [5.74, 6) is -1.42. The third kappa shape index (κ3) is 3.87. The maximum atomic E-state index is 12.2. The van der Waals surface area contributed by atoms with Crippen LogP contribution in [0.2, 0.25) is 0 Å². The van der Waals surface area contributed by atoms with E-state index in [0.717, 1.165) is 22.3 Å². The molecule has 1 aliphatic rings. The first-order chi connectivity index (χ1) is 13.0. The van der Waals surface area contributed by atoms with Crippen LogP contribution in [0, 0.1) is 5.92 Å². The Kier molecular flexibility index (Phi) is 5.60. The molecule has 0 heterocycles. The molecular formula is C22H23NO4. The zero-order valence-corrected chi connectivity index (χ0v) is 15.2. The molecule has 0 bridgehead atoms. The lowest BCUT2D eigenvalue weighted by Crippen LogP contribution is -2.45. The van der Waals surface area contributed by atoms with Gasteiger partial charge in [-0.25, -0.2) is 9.59 Å². The second-order valence-electron chi connectivity index (χ2n) is 6.79. The van der Waals surface area contributed by atoms with Crippen molar-refractivity contribution in [3.8, 4) is 11.1 Å². The molecule has 0 unspecified atom stereocenters. The van der Waals surface area contributed by atoms with E-state index in [0.29, 0.717) is 6.42 Å². The van der Waals surface area contributed by atoms with E-state index in [4.69, 9.17) is 4.74 Å². The van der Waals surface area contributed by atoms with E-state index in [1.807, 2.05) is 36.4 Å². The molecule has 5 nitrogen and oxygen atoms in total. The van der Waals surface area contributed by atoms with E-state index >= 15 is 0 Å². The van der Waals surface area contributed by atoms with Crippen LogP contribution in [0.4, 0.5) is 4.79 Å². The van der Waals surface area contributed by atoms with Crippen LogP contribution < -0.4 is 5.32 Å². The van der Waals surface area contributed by atoms with Gasteiger partial charge in [0.05, 0.1) is 0 Å². The van der Waals surface area contributed by atoms with Crippen molar-refractivity contribution in [3.63, 3.8) is 0 Å². The molecule has 0 radical (unpaired) electrons. The third-order valence-electron chi connectivity index (χ3n) is 4.99. The van der Waals surface area contributed by atoms with Crippen molar-refractivity contribution in [1.82, 2.24) is 5.32 Å². The summed E-state index contributed by atoms with van der Waals surface area (Å²) in [6.45, 7) is 5.52. The molecule has 0 spiro atoms. The molecule has 1 aliphatic carbocycles. The Morgan fingerprint density at radius 3 is 2.22 bits per heavy atom. The minimum absolute atomic E-state index is 0.0583. The van der Waals surface area contributed by atoms with Gasteiger partial charge in [0, 0.05) is 5.92 Å². The summed E-state index contributed by atoms with van der Waals surface area (Å²) in [5, 5.41) is 11.8. The molecule has 0 saturated carbocycles. The number of nitrogens with one attached hydrogen (secondary N) is 1. The molecule has 27 heavy (non-hydrogen) atoms. The van der Waals surface area contributed by atoms with E-state index in [1.54, 1.807) is 13.0 Å². The smallest absolute Gasteiger partial charge is 0.407 e. The summed E-state index contributed by atoms with van der Waals surface area (Å²) in [7, 11) is 0. The van der Waals surface area contributed by atoms with Crippen LogP contribution in [-0.4, -0.2) is 29.8 Å². The average molecular weight is 365 g/mol. The molecule has 2 atom stereocenters. The second kappa shape index (κ2) is 8.08. The molecule has 2 aromatic rings. The zero-order chi connectivity index (χ0) is 19.4. The normalized spacial score (nSPS) is 14.6. The van der Waals surface area contributed by atoms with Crippen molar-refractivity contribution in [2.75, 3.05) is 6.61 Å². The molecule has 2 aromatic carbocycles. The third-order valence-corrected chi connectivity index (χ3v) is 4.99. The molecule has 0 aliphatic heterocycles. The predicted octanol–water partition coefficient (Wildman–Crippen LogP) is 4.19. The molecule has 2 N–H and O–H groups in total. The number of rotatable bonds is 7. The summed E-state index contributed by atoms with van der Waals surface area (Å²) in [6, 6.07) is 15.1. The number of carbonyl (C=O) groups is 2. The lowest BCUT2D eigenvalue weighted by Gasteiger charge is -2.21. The van der Waals surface area contributed by atoms with Crippen LogP contribution in [0.1, 0.15) is 30.4 Å². The van der Waals surface area contributed by atoms with Gasteiger partial charge in [0.1, 0.15) is 12.6 Å². The lowest BCUT2D eigenvalue weighted by atomic mass is 9.98. The molecule has 0 fully saturated rings. The van der Waals surface area contributed by atoms with E-state index < -0.39 is 18.1 Å². The Morgan fingerprint density at radius 2 is 1.70 bits per heavy atom. The standard InChI is InChI=1S/C22H23NO4/c1-3-8-14(2)20(21(24)25)23-22(26)27-13-19-17-11-6-4-9-15(17)16-10-5-7-12-18(16)19/h3-7,9-12,14,19-20H,1,8,13H2,2H3,(H,23,26)(H,24,25)/t14-,20-/m1/s1. The van der Waals surface area contributed by atoms with E-state index in [9.17, 15) is 14.7 Å². The molecule has 5 heteroatoms. The van der Waals surface area contributed by atoms with Crippen LogP contribution >= 0.6 is 0 Å². The highest BCUT2D eigenvalue weighted by Gasteiger charge is 2.30. The van der Waals surface area contributed by atoms with Crippen LogP contribution in [0.15, 0.2) is 61.2 Å². The highest BCUT2D eigenvalue weighted by Crippen LogP contribution is 2.44. The first-order valence-electron chi connectivity index (χ1n) is 8.98. The van der Waals surface area contributed by atoms with Gasteiger partial charge in [0.15, 0.2) is 0 Å². The summed E-state index contributed by atoms with van der Waals surface area (Å²) in [6.07, 6.45) is 1.40. The quantitative estimate of drug-likeness (QED) is 0.722. The van der Waals surface area contributed by atoms with E-state index in [-0.39, 0.29) is 18.4 Å². The number of benzene rings is 2. The number of alkyl carbamates (subject to hydrolysis) is 1. The maximum absolute atomic E-state index is 12.2. The lowest BCUT2D eigenvalue weighted by molar-refractivity contribution is -0.140. The minimum atomic E-state index is -1.09. The van der Waals surface area contributed by atoms with Crippen LogP contribution in [-0.2, 0) is 9.53 Å². The highest BCUT2D eigenvalue weighted by atomic mass is 16.5. The van der Waals surface area contributed by atoms with Crippen LogP contribution in [0.3, 0.4) is 0 Å². The molecule has 3 rings (SSSR count). The fourth-order valence-electron chi connectivity index (χ4n) is 3.61. The number of hydrogen-bond donors (Lipinski definition) is 2. The number of carboxylic acid groups (broad SMARTS) is 1. The Bertz CT molecular complexity index is 815. The minimum Gasteiger partial charge on any atom is -0.480 e. The first-order valence-corrected chi connectivity index (χ1v) is 8.98. The van der Waals surface area contributed by atoms with Gasteiger partial charge in [-0.3, -0.25) is 0 Å². The van der Waals surface area contributed by atoms with Crippen molar-refractivity contribution in [2.45, 2.75) is 25.3 Å². The molecule has 140 valence electrons. The van der Waals surface area contributed by atoms with Crippen LogP contribution in [0.25, 0.3) is 11.1 Å². The van der Waals surface area contributed by atoms with Gasteiger partial charge in [0.2, 0.25) is 0 Å². The van der Waals surface area contributed by atoms with Gasteiger partial charge >= 0.3 is 12.1 Å².